The maximum Gasteiger partial charge on any atom is 0.216 e. The Morgan fingerprint density at radius 1 is 1.29 bits per heavy atom. The number of amides is 1. The first-order chi connectivity index (χ1) is 6.62. The van der Waals surface area contributed by atoms with E-state index in [0.29, 0.717) is 0 Å². The van der Waals surface area contributed by atoms with Crippen molar-refractivity contribution in [2.75, 3.05) is 33.2 Å². The Labute approximate surface area is 87.1 Å². The fraction of sp³-hybridized carbons (Fsp3) is 0.909. The van der Waals surface area contributed by atoms with Crippen LogP contribution in [0, 0.1) is 0 Å². The van der Waals surface area contributed by atoms with Crippen molar-refractivity contribution in [2.24, 2.45) is 0 Å². The van der Waals surface area contributed by atoms with Gasteiger partial charge in [-0.25, -0.2) is 0 Å². The number of hydrogen-bond donors (Lipinski definition) is 1. The highest BCUT2D eigenvalue weighted by Gasteiger charge is 2.23. The number of quaternary nitrogens is 1. The summed E-state index contributed by atoms with van der Waals surface area (Å²) in [4.78, 5) is 10.7. The molecule has 1 rings (SSSR count). The molecule has 3 nitrogen and oxygen atoms in total. The maximum atomic E-state index is 10.7. The Kier molecular flexibility index (Phi) is 4.39. The van der Waals surface area contributed by atoms with E-state index >= 15 is 0 Å². The number of nitrogens with zero attached hydrogens (tertiary/aromatic N) is 1. The smallest absolute Gasteiger partial charge is 0.216 e. The lowest BCUT2D eigenvalue weighted by molar-refractivity contribution is -0.914. The number of hydrogen-bond acceptors (Lipinski definition) is 1. The lowest BCUT2D eigenvalue weighted by Crippen LogP contribution is -2.49. The van der Waals surface area contributed by atoms with Crippen molar-refractivity contribution in [3.8, 4) is 0 Å². The molecule has 1 amide bonds. The monoisotopic (exact) mass is 199 g/mol. The van der Waals surface area contributed by atoms with Gasteiger partial charge >= 0.3 is 0 Å². The van der Waals surface area contributed by atoms with Gasteiger partial charge in [-0.3, -0.25) is 4.79 Å². The Morgan fingerprint density at radius 3 is 2.50 bits per heavy atom. The fourth-order valence-electron chi connectivity index (χ4n) is 2.22. The average molecular weight is 199 g/mol. The predicted molar refractivity (Wildman–Crippen MR) is 57.9 cm³/mol. The zero-order valence-corrected chi connectivity index (χ0v) is 9.51. The molecule has 82 valence electrons. The first-order valence-corrected chi connectivity index (χ1v) is 5.70. The first-order valence-electron chi connectivity index (χ1n) is 5.70. The zero-order valence-electron chi connectivity index (χ0n) is 9.51. The van der Waals surface area contributed by atoms with E-state index < -0.39 is 0 Å². The molecule has 0 unspecified atom stereocenters. The number of nitrogens with one attached hydrogen (secondary N) is 1. The highest BCUT2D eigenvalue weighted by molar-refractivity contribution is 5.72. The number of piperidine rings is 1. The summed E-state index contributed by atoms with van der Waals surface area (Å²) in [7, 11) is 2.34. The molecule has 0 spiro atoms. The Balaban J connectivity index is 2.12. The van der Waals surface area contributed by atoms with Gasteiger partial charge in [0.15, 0.2) is 0 Å². The molecule has 0 atom stereocenters. The van der Waals surface area contributed by atoms with E-state index in [4.69, 9.17) is 0 Å². The molecule has 1 saturated heterocycles. The summed E-state index contributed by atoms with van der Waals surface area (Å²) in [5.41, 5.74) is 0. The number of carbonyl (C=O) groups excluding carboxylic acids is 1. The van der Waals surface area contributed by atoms with Crippen LogP contribution >= 0.6 is 0 Å². The molecule has 1 N–H and O–H groups in total. The topological polar surface area (TPSA) is 29.1 Å². The summed E-state index contributed by atoms with van der Waals surface area (Å²) in [5, 5.41) is 2.85. The van der Waals surface area contributed by atoms with Crippen LogP contribution in [0.3, 0.4) is 0 Å². The van der Waals surface area contributed by atoms with Crippen molar-refractivity contribution < 1.29 is 9.28 Å². The van der Waals surface area contributed by atoms with Gasteiger partial charge in [0.25, 0.3) is 0 Å². The van der Waals surface area contributed by atoms with Gasteiger partial charge in [0.1, 0.15) is 0 Å². The fourth-order valence-corrected chi connectivity index (χ4v) is 2.22. The van der Waals surface area contributed by atoms with Crippen LogP contribution in [-0.2, 0) is 4.79 Å². The van der Waals surface area contributed by atoms with E-state index in [2.05, 4.69) is 12.4 Å². The largest absolute Gasteiger partial charge is 0.356 e. The van der Waals surface area contributed by atoms with Crippen LogP contribution in [0.4, 0.5) is 0 Å². The maximum absolute atomic E-state index is 10.7. The molecular weight excluding hydrogens is 176 g/mol. The van der Waals surface area contributed by atoms with E-state index in [1.807, 2.05) is 0 Å². The van der Waals surface area contributed by atoms with E-state index in [1.165, 1.54) is 43.4 Å². The minimum Gasteiger partial charge on any atom is -0.356 e. The highest BCUT2D eigenvalue weighted by Crippen LogP contribution is 2.16. The summed E-state index contributed by atoms with van der Waals surface area (Å²) in [5.74, 6) is 0.0892. The SMILES string of the molecule is CC(=O)NCCC[N+]1(C)CCCCC1. The number of carbonyl (C=O) groups is 1. The standard InChI is InChI=1S/C11H22N2O/c1-11(14)12-7-6-10-13(2)8-4-3-5-9-13/h3-10H2,1-2H3/p+1. The number of likely N-dealkylation sites (tertiary alicyclic amines) is 1. The number of rotatable bonds is 4. The minimum atomic E-state index is 0.0892. The molecule has 0 aliphatic carbocycles. The summed E-state index contributed by atoms with van der Waals surface area (Å²) in [6.45, 7) is 6.26. The van der Waals surface area contributed by atoms with Crippen molar-refractivity contribution in [3.63, 3.8) is 0 Å². The molecule has 1 aliphatic heterocycles. The van der Waals surface area contributed by atoms with Crippen molar-refractivity contribution in [1.29, 1.82) is 0 Å². The van der Waals surface area contributed by atoms with Crippen molar-refractivity contribution in [3.05, 3.63) is 0 Å². The second kappa shape index (κ2) is 5.35. The highest BCUT2D eigenvalue weighted by atomic mass is 16.1. The Hall–Kier alpha value is -0.570. The quantitative estimate of drug-likeness (QED) is 0.534. The molecule has 1 heterocycles. The molecule has 3 heteroatoms. The van der Waals surface area contributed by atoms with Gasteiger partial charge in [-0.1, -0.05) is 0 Å². The lowest BCUT2D eigenvalue weighted by atomic mass is 10.1. The van der Waals surface area contributed by atoms with Gasteiger partial charge in [0.05, 0.1) is 26.7 Å². The molecule has 1 fully saturated rings. The van der Waals surface area contributed by atoms with E-state index in [0.717, 1.165) is 13.0 Å². The summed E-state index contributed by atoms with van der Waals surface area (Å²) in [6, 6.07) is 0. The molecule has 0 bridgehead atoms. The third-order valence-corrected chi connectivity index (χ3v) is 3.14. The molecule has 0 aromatic carbocycles. The van der Waals surface area contributed by atoms with Crippen molar-refractivity contribution in [2.45, 2.75) is 32.6 Å². The van der Waals surface area contributed by atoms with Gasteiger partial charge in [-0.05, 0) is 19.3 Å². The molecule has 0 aromatic heterocycles. The average Bonchev–Trinajstić information content (AvgIpc) is 2.14. The van der Waals surface area contributed by atoms with Crippen LogP contribution in [0.1, 0.15) is 32.6 Å². The van der Waals surface area contributed by atoms with Crippen LogP contribution in [0.5, 0.6) is 0 Å². The van der Waals surface area contributed by atoms with Gasteiger partial charge < -0.3 is 9.80 Å². The van der Waals surface area contributed by atoms with Gasteiger partial charge in [0, 0.05) is 19.9 Å². The normalized spacial score (nSPS) is 20.4. The third-order valence-electron chi connectivity index (χ3n) is 3.14. The van der Waals surface area contributed by atoms with Crippen molar-refractivity contribution in [1.82, 2.24) is 5.32 Å². The van der Waals surface area contributed by atoms with Crippen molar-refractivity contribution >= 4 is 5.91 Å². The predicted octanol–water partition coefficient (Wildman–Crippen LogP) is 1.14. The Morgan fingerprint density at radius 2 is 1.93 bits per heavy atom. The summed E-state index contributed by atoms with van der Waals surface area (Å²) in [6.07, 6.45) is 5.25. The van der Waals surface area contributed by atoms with E-state index in [1.54, 1.807) is 6.92 Å². The lowest BCUT2D eigenvalue weighted by Gasteiger charge is -2.37. The molecule has 0 saturated carbocycles. The minimum absolute atomic E-state index is 0.0892. The van der Waals surface area contributed by atoms with Crippen LogP contribution in [-0.4, -0.2) is 43.6 Å². The second-order valence-electron chi connectivity index (χ2n) is 4.69. The second-order valence-corrected chi connectivity index (χ2v) is 4.69. The van der Waals surface area contributed by atoms with Crippen LogP contribution in [0.25, 0.3) is 0 Å². The molecule has 0 radical (unpaired) electrons. The zero-order chi connectivity index (χ0) is 10.4. The molecular formula is C11H23N2O+. The third kappa shape index (κ3) is 4.09. The summed E-state index contributed by atoms with van der Waals surface area (Å²) < 4.78 is 1.21. The Bertz CT molecular complexity index is 186. The molecule has 14 heavy (non-hydrogen) atoms. The van der Waals surface area contributed by atoms with E-state index in [9.17, 15) is 4.79 Å². The van der Waals surface area contributed by atoms with Gasteiger partial charge in [-0.2, -0.15) is 0 Å². The van der Waals surface area contributed by atoms with E-state index in [-0.39, 0.29) is 5.91 Å². The van der Waals surface area contributed by atoms with Crippen LogP contribution < -0.4 is 5.32 Å². The van der Waals surface area contributed by atoms with Gasteiger partial charge in [-0.15, -0.1) is 0 Å². The molecule has 1 aliphatic rings. The van der Waals surface area contributed by atoms with Crippen LogP contribution in [0.15, 0.2) is 0 Å². The van der Waals surface area contributed by atoms with Crippen LogP contribution in [0.2, 0.25) is 0 Å². The summed E-state index contributed by atoms with van der Waals surface area (Å²) >= 11 is 0. The first kappa shape index (κ1) is 11.5. The molecule has 0 aromatic rings. The van der Waals surface area contributed by atoms with Gasteiger partial charge in [0.2, 0.25) is 5.91 Å².